The van der Waals surface area contributed by atoms with Crippen molar-refractivity contribution in [1.82, 2.24) is 9.97 Å². The van der Waals surface area contributed by atoms with Crippen LogP contribution in [0.4, 0.5) is 0 Å². The van der Waals surface area contributed by atoms with Crippen molar-refractivity contribution < 1.29 is 19.8 Å². The van der Waals surface area contributed by atoms with Crippen molar-refractivity contribution in [2.45, 2.75) is 13.8 Å². The van der Waals surface area contributed by atoms with Gasteiger partial charge in [0.15, 0.2) is 0 Å². The van der Waals surface area contributed by atoms with E-state index in [1.165, 1.54) is 0 Å². The van der Waals surface area contributed by atoms with Gasteiger partial charge in [-0.05, 0) is 12.1 Å². The molecule has 3 aromatic rings. The second-order valence-electron chi connectivity index (χ2n) is 4.25. The third-order valence-electron chi connectivity index (χ3n) is 2.34. The van der Waals surface area contributed by atoms with E-state index >= 15 is 0 Å². The Hall–Kier alpha value is -3.02. The minimum Gasteiger partial charge on any atom is -0.481 e. The van der Waals surface area contributed by atoms with Crippen LogP contribution in [0.25, 0.3) is 21.8 Å². The topological polar surface area (TPSA) is 100 Å². The second kappa shape index (κ2) is 8.31. The van der Waals surface area contributed by atoms with Crippen molar-refractivity contribution >= 4 is 33.7 Å². The molecule has 0 spiro atoms. The number of nitrogens with zero attached hydrogens (tertiary/aromatic N) is 2. The van der Waals surface area contributed by atoms with Gasteiger partial charge in [-0.25, -0.2) is 0 Å². The Kier molecular flexibility index (Phi) is 6.43. The number of aliphatic carboxylic acids is 2. The number of benzene rings is 1. The van der Waals surface area contributed by atoms with Gasteiger partial charge in [-0.3, -0.25) is 19.6 Å². The molecule has 2 heterocycles. The fourth-order valence-corrected chi connectivity index (χ4v) is 1.68. The van der Waals surface area contributed by atoms with E-state index in [9.17, 15) is 0 Å². The first kappa shape index (κ1) is 17.0. The Morgan fingerprint density at radius 2 is 1.09 bits per heavy atom. The van der Waals surface area contributed by atoms with Gasteiger partial charge in [-0.1, -0.05) is 24.3 Å². The fraction of sp³-hybridized carbons (Fsp3) is 0.125. The maximum atomic E-state index is 9.00. The first-order chi connectivity index (χ1) is 10.4. The molecule has 0 unspecified atom stereocenters. The van der Waals surface area contributed by atoms with E-state index in [2.05, 4.69) is 34.2 Å². The molecular formula is C16H16N2O4. The molecule has 2 aromatic heterocycles. The standard InChI is InChI=1S/C12H8N2.2C2H4O2/c1-3-9-5-6-10-4-2-8-14-12(10)11(9)13-7-1;2*1-2(3)4/h1-8H;2*1H3,(H,3,4). The maximum Gasteiger partial charge on any atom is 0.300 e. The summed E-state index contributed by atoms with van der Waals surface area (Å²) in [5.74, 6) is -1.67. The lowest BCUT2D eigenvalue weighted by molar-refractivity contribution is -0.135. The van der Waals surface area contributed by atoms with Gasteiger partial charge in [0.25, 0.3) is 11.9 Å². The number of rotatable bonds is 0. The van der Waals surface area contributed by atoms with E-state index < -0.39 is 11.9 Å². The molecule has 6 nitrogen and oxygen atoms in total. The van der Waals surface area contributed by atoms with Gasteiger partial charge in [-0.2, -0.15) is 0 Å². The van der Waals surface area contributed by atoms with Crippen LogP contribution in [0.15, 0.2) is 48.8 Å². The molecule has 0 radical (unpaired) electrons. The molecule has 2 N–H and O–H groups in total. The Morgan fingerprint density at radius 1 is 0.773 bits per heavy atom. The molecule has 0 saturated carbocycles. The van der Waals surface area contributed by atoms with Crippen molar-refractivity contribution in [3.05, 3.63) is 48.8 Å². The third-order valence-corrected chi connectivity index (χ3v) is 2.34. The number of hydrogen-bond donors (Lipinski definition) is 2. The zero-order valence-corrected chi connectivity index (χ0v) is 12.2. The molecule has 0 aliphatic rings. The number of aromatic nitrogens is 2. The van der Waals surface area contributed by atoms with Crippen LogP contribution in [-0.4, -0.2) is 32.1 Å². The normalized spacial score (nSPS) is 9.18. The van der Waals surface area contributed by atoms with Gasteiger partial charge < -0.3 is 10.2 Å². The molecule has 0 saturated heterocycles. The molecule has 0 bridgehead atoms. The van der Waals surface area contributed by atoms with Crippen molar-refractivity contribution in [2.24, 2.45) is 0 Å². The SMILES string of the molecule is CC(=O)O.CC(=O)O.c1cnc2c(c1)ccc1cccnc12. The minimum atomic E-state index is -0.833. The molecule has 1 aromatic carbocycles. The fourth-order valence-electron chi connectivity index (χ4n) is 1.68. The van der Waals surface area contributed by atoms with Crippen molar-refractivity contribution in [3.8, 4) is 0 Å². The van der Waals surface area contributed by atoms with E-state index in [1.807, 2.05) is 12.1 Å². The molecular weight excluding hydrogens is 284 g/mol. The van der Waals surface area contributed by atoms with E-state index in [0.29, 0.717) is 0 Å². The highest BCUT2D eigenvalue weighted by molar-refractivity contribution is 6.02. The van der Waals surface area contributed by atoms with E-state index in [0.717, 1.165) is 35.7 Å². The Morgan fingerprint density at radius 3 is 1.41 bits per heavy atom. The lowest BCUT2D eigenvalue weighted by Gasteiger charge is -2.00. The van der Waals surface area contributed by atoms with Crippen LogP contribution in [0.1, 0.15) is 13.8 Å². The maximum absolute atomic E-state index is 9.00. The number of carbonyl (C=O) groups is 2. The summed E-state index contributed by atoms with van der Waals surface area (Å²) in [6.45, 7) is 2.17. The molecule has 114 valence electrons. The van der Waals surface area contributed by atoms with Gasteiger partial charge >= 0.3 is 0 Å². The number of carboxylic acid groups (broad SMARTS) is 2. The lowest BCUT2D eigenvalue weighted by atomic mass is 10.1. The van der Waals surface area contributed by atoms with Crippen molar-refractivity contribution in [1.29, 1.82) is 0 Å². The molecule has 22 heavy (non-hydrogen) atoms. The molecule has 0 fully saturated rings. The van der Waals surface area contributed by atoms with Crippen molar-refractivity contribution in [3.63, 3.8) is 0 Å². The van der Waals surface area contributed by atoms with E-state index in [-0.39, 0.29) is 0 Å². The first-order valence-corrected chi connectivity index (χ1v) is 6.39. The first-order valence-electron chi connectivity index (χ1n) is 6.39. The third kappa shape index (κ3) is 5.54. The number of fused-ring (bicyclic) bond motifs is 3. The molecule has 0 amide bonds. The summed E-state index contributed by atoms with van der Waals surface area (Å²) in [7, 11) is 0. The van der Waals surface area contributed by atoms with Gasteiger partial charge in [-0.15, -0.1) is 0 Å². The zero-order valence-electron chi connectivity index (χ0n) is 12.2. The predicted octanol–water partition coefficient (Wildman–Crippen LogP) is 2.96. The van der Waals surface area contributed by atoms with Crippen LogP contribution < -0.4 is 0 Å². The highest BCUT2D eigenvalue weighted by Crippen LogP contribution is 2.20. The Balaban J connectivity index is 0.000000257. The van der Waals surface area contributed by atoms with Crippen LogP contribution >= 0.6 is 0 Å². The highest BCUT2D eigenvalue weighted by Gasteiger charge is 2.00. The summed E-state index contributed by atoms with van der Waals surface area (Å²) < 4.78 is 0. The van der Waals surface area contributed by atoms with Gasteiger partial charge in [0.05, 0.1) is 11.0 Å². The highest BCUT2D eigenvalue weighted by atomic mass is 16.4. The summed E-state index contributed by atoms with van der Waals surface area (Å²) in [4.78, 5) is 26.7. The lowest BCUT2D eigenvalue weighted by Crippen LogP contribution is -1.83. The predicted molar refractivity (Wildman–Crippen MR) is 83.7 cm³/mol. The monoisotopic (exact) mass is 300 g/mol. The summed E-state index contributed by atoms with van der Waals surface area (Å²) >= 11 is 0. The number of hydrogen-bond acceptors (Lipinski definition) is 4. The average molecular weight is 300 g/mol. The summed E-state index contributed by atoms with van der Waals surface area (Å²) in [5, 5.41) is 17.1. The average Bonchev–Trinajstić information content (AvgIpc) is 2.46. The summed E-state index contributed by atoms with van der Waals surface area (Å²) in [6, 6.07) is 12.1. The number of pyridine rings is 2. The summed E-state index contributed by atoms with van der Waals surface area (Å²) in [6.07, 6.45) is 3.60. The number of carboxylic acids is 2. The molecule has 0 aliphatic carbocycles. The minimum absolute atomic E-state index is 0.833. The Bertz CT molecular complexity index is 712. The van der Waals surface area contributed by atoms with Gasteiger partial charge in [0.1, 0.15) is 0 Å². The largest absolute Gasteiger partial charge is 0.481 e. The van der Waals surface area contributed by atoms with Crippen LogP contribution in [0.2, 0.25) is 0 Å². The van der Waals surface area contributed by atoms with E-state index in [4.69, 9.17) is 19.8 Å². The molecule has 3 rings (SSSR count). The second-order valence-corrected chi connectivity index (χ2v) is 4.25. The quantitative estimate of drug-likeness (QED) is 0.619. The van der Waals surface area contributed by atoms with Crippen LogP contribution in [-0.2, 0) is 9.59 Å². The zero-order chi connectivity index (χ0) is 16.5. The summed E-state index contributed by atoms with van der Waals surface area (Å²) in [5.41, 5.74) is 1.95. The molecule has 0 atom stereocenters. The van der Waals surface area contributed by atoms with Gasteiger partial charge in [0, 0.05) is 37.0 Å². The Labute approximate surface area is 127 Å². The van der Waals surface area contributed by atoms with E-state index in [1.54, 1.807) is 12.4 Å². The van der Waals surface area contributed by atoms with Crippen LogP contribution in [0, 0.1) is 0 Å². The van der Waals surface area contributed by atoms with Crippen molar-refractivity contribution in [2.75, 3.05) is 0 Å². The smallest absolute Gasteiger partial charge is 0.300 e. The van der Waals surface area contributed by atoms with Gasteiger partial charge in [0.2, 0.25) is 0 Å². The van der Waals surface area contributed by atoms with Crippen LogP contribution in [0.5, 0.6) is 0 Å². The molecule has 6 heteroatoms. The van der Waals surface area contributed by atoms with Crippen LogP contribution in [0.3, 0.4) is 0 Å². The molecule has 0 aliphatic heterocycles.